The Kier molecular flexibility index (Phi) is 4.77. The van der Waals surface area contributed by atoms with Gasteiger partial charge in [0.05, 0.1) is 7.11 Å². The van der Waals surface area contributed by atoms with Crippen LogP contribution in [0.2, 0.25) is 5.02 Å². The Bertz CT molecular complexity index is 834. The minimum Gasteiger partial charge on any atom is -0.497 e. The van der Waals surface area contributed by atoms with Gasteiger partial charge in [0.25, 0.3) is 0 Å². The standard InChI is InChI=1S/C19H14ClNO3/c1-23-16-9-4-13(5-10-16)6-11-18-21-17(19(22)24-18)12-14-2-7-15(20)8-3-14/h2-12H,1H3/b11-6+,17-12-. The summed E-state index contributed by atoms with van der Waals surface area (Å²) < 4.78 is 10.2. The van der Waals surface area contributed by atoms with E-state index in [1.54, 1.807) is 31.4 Å². The highest BCUT2D eigenvalue weighted by molar-refractivity contribution is 6.30. The lowest BCUT2D eigenvalue weighted by atomic mass is 10.2. The van der Waals surface area contributed by atoms with E-state index in [9.17, 15) is 4.79 Å². The molecule has 0 saturated heterocycles. The third kappa shape index (κ3) is 3.91. The van der Waals surface area contributed by atoms with Crippen molar-refractivity contribution < 1.29 is 14.3 Å². The van der Waals surface area contributed by atoms with Gasteiger partial charge >= 0.3 is 5.97 Å². The van der Waals surface area contributed by atoms with Crippen LogP contribution in [0.5, 0.6) is 5.75 Å². The molecule has 0 N–H and O–H groups in total. The van der Waals surface area contributed by atoms with E-state index in [-0.39, 0.29) is 11.6 Å². The highest BCUT2D eigenvalue weighted by Gasteiger charge is 2.20. The second-order valence-corrected chi connectivity index (χ2v) is 5.46. The van der Waals surface area contributed by atoms with Crippen LogP contribution in [-0.2, 0) is 9.53 Å². The highest BCUT2D eigenvalue weighted by atomic mass is 35.5. The number of esters is 1. The zero-order valence-corrected chi connectivity index (χ0v) is 13.7. The summed E-state index contributed by atoms with van der Waals surface area (Å²) in [6, 6.07) is 14.6. The van der Waals surface area contributed by atoms with Gasteiger partial charge < -0.3 is 9.47 Å². The van der Waals surface area contributed by atoms with E-state index in [0.29, 0.717) is 5.02 Å². The Hall–Kier alpha value is -2.85. The van der Waals surface area contributed by atoms with E-state index >= 15 is 0 Å². The molecule has 0 aliphatic carbocycles. The molecule has 0 spiro atoms. The number of hydrogen-bond donors (Lipinski definition) is 0. The molecule has 3 rings (SSSR count). The molecule has 120 valence electrons. The molecular formula is C19H14ClNO3. The van der Waals surface area contributed by atoms with Crippen molar-refractivity contribution in [2.45, 2.75) is 0 Å². The molecule has 0 saturated carbocycles. The normalized spacial score (nSPS) is 15.7. The number of ether oxygens (including phenoxy) is 2. The van der Waals surface area contributed by atoms with Crippen LogP contribution < -0.4 is 4.74 Å². The molecule has 0 bridgehead atoms. The second kappa shape index (κ2) is 7.15. The van der Waals surface area contributed by atoms with Gasteiger partial charge in [-0.25, -0.2) is 9.79 Å². The molecule has 0 radical (unpaired) electrons. The highest BCUT2D eigenvalue weighted by Crippen LogP contribution is 2.18. The summed E-state index contributed by atoms with van der Waals surface area (Å²) >= 11 is 5.84. The van der Waals surface area contributed by atoms with E-state index in [4.69, 9.17) is 21.1 Å². The van der Waals surface area contributed by atoms with Crippen molar-refractivity contribution in [3.05, 3.63) is 76.5 Å². The number of carbonyl (C=O) groups is 1. The first-order valence-corrected chi connectivity index (χ1v) is 7.62. The van der Waals surface area contributed by atoms with Crippen molar-refractivity contribution in [3.63, 3.8) is 0 Å². The van der Waals surface area contributed by atoms with Gasteiger partial charge in [-0.15, -0.1) is 0 Å². The Balaban J connectivity index is 1.75. The van der Waals surface area contributed by atoms with Crippen LogP contribution in [0.4, 0.5) is 0 Å². The van der Waals surface area contributed by atoms with Gasteiger partial charge in [-0.05, 0) is 47.5 Å². The average molecular weight is 340 g/mol. The van der Waals surface area contributed by atoms with Gasteiger partial charge in [0.15, 0.2) is 5.70 Å². The number of rotatable bonds is 4. The monoisotopic (exact) mass is 339 g/mol. The molecule has 1 aliphatic heterocycles. The van der Waals surface area contributed by atoms with Crippen LogP contribution in [0.1, 0.15) is 11.1 Å². The second-order valence-electron chi connectivity index (χ2n) is 5.03. The van der Waals surface area contributed by atoms with Crippen LogP contribution in [0, 0.1) is 0 Å². The van der Waals surface area contributed by atoms with Crippen molar-refractivity contribution in [2.24, 2.45) is 4.99 Å². The molecule has 1 heterocycles. The predicted octanol–water partition coefficient (Wildman–Crippen LogP) is 4.36. The van der Waals surface area contributed by atoms with Crippen molar-refractivity contribution in [2.75, 3.05) is 7.11 Å². The minimum atomic E-state index is -0.473. The van der Waals surface area contributed by atoms with Gasteiger partial charge in [0.2, 0.25) is 5.90 Å². The lowest BCUT2D eigenvalue weighted by molar-refractivity contribution is -0.129. The molecule has 0 unspecified atom stereocenters. The van der Waals surface area contributed by atoms with Crippen LogP contribution in [0.3, 0.4) is 0 Å². The maximum absolute atomic E-state index is 11.9. The van der Waals surface area contributed by atoms with Crippen molar-refractivity contribution in [1.29, 1.82) is 0 Å². The summed E-state index contributed by atoms with van der Waals surface area (Å²) in [7, 11) is 1.62. The smallest absolute Gasteiger partial charge is 0.363 e. The number of aliphatic imine (C=N–C) groups is 1. The van der Waals surface area contributed by atoms with E-state index in [0.717, 1.165) is 16.9 Å². The van der Waals surface area contributed by atoms with Crippen molar-refractivity contribution in [1.82, 2.24) is 0 Å². The zero-order valence-electron chi connectivity index (χ0n) is 12.9. The average Bonchev–Trinajstić information content (AvgIpc) is 2.95. The molecule has 24 heavy (non-hydrogen) atoms. The first-order chi connectivity index (χ1) is 11.6. The van der Waals surface area contributed by atoms with E-state index in [1.165, 1.54) is 0 Å². The summed E-state index contributed by atoms with van der Waals surface area (Å²) in [5.74, 6) is 0.570. The number of nitrogens with zero attached hydrogens (tertiary/aromatic N) is 1. The van der Waals surface area contributed by atoms with Gasteiger partial charge in [0.1, 0.15) is 5.75 Å². The quantitative estimate of drug-likeness (QED) is 0.614. The lowest BCUT2D eigenvalue weighted by Gasteiger charge is -1.98. The molecule has 0 fully saturated rings. The Labute approximate surface area is 144 Å². The maximum Gasteiger partial charge on any atom is 0.363 e. The van der Waals surface area contributed by atoms with Crippen molar-refractivity contribution >= 4 is 35.6 Å². The molecule has 0 amide bonds. The SMILES string of the molecule is COc1ccc(/C=C/C2=NC(=C\c3ccc(Cl)cc3)/C(=O)O2)cc1. The summed E-state index contributed by atoms with van der Waals surface area (Å²) in [5, 5.41) is 0.637. The van der Waals surface area contributed by atoms with Gasteiger partial charge in [-0.2, -0.15) is 0 Å². The minimum absolute atomic E-state index is 0.256. The Morgan fingerprint density at radius 3 is 2.33 bits per heavy atom. The topological polar surface area (TPSA) is 47.9 Å². The van der Waals surface area contributed by atoms with E-state index in [1.807, 2.05) is 42.5 Å². The number of hydrogen-bond acceptors (Lipinski definition) is 4. The van der Waals surface area contributed by atoms with Crippen molar-refractivity contribution in [3.8, 4) is 5.75 Å². The summed E-state index contributed by atoms with van der Waals surface area (Å²) in [6.45, 7) is 0. The van der Waals surface area contributed by atoms with Crippen LogP contribution in [0.15, 0.2) is 65.3 Å². The fraction of sp³-hybridized carbons (Fsp3) is 0.0526. The Morgan fingerprint density at radius 2 is 1.67 bits per heavy atom. The number of methoxy groups -OCH3 is 1. The van der Waals surface area contributed by atoms with Gasteiger partial charge in [-0.1, -0.05) is 35.9 Å². The fourth-order valence-corrected chi connectivity index (χ4v) is 2.22. The first-order valence-electron chi connectivity index (χ1n) is 7.24. The van der Waals surface area contributed by atoms with E-state index in [2.05, 4.69) is 4.99 Å². The molecule has 2 aromatic carbocycles. The van der Waals surface area contributed by atoms with Gasteiger partial charge in [-0.3, -0.25) is 0 Å². The van der Waals surface area contributed by atoms with Crippen LogP contribution >= 0.6 is 11.6 Å². The number of halogens is 1. The zero-order chi connectivity index (χ0) is 16.9. The van der Waals surface area contributed by atoms with Gasteiger partial charge in [0, 0.05) is 11.1 Å². The largest absolute Gasteiger partial charge is 0.497 e. The number of cyclic esters (lactones) is 1. The summed E-state index contributed by atoms with van der Waals surface area (Å²) in [4.78, 5) is 16.1. The third-order valence-corrected chi connectivity index (χ3v) is 3.60. The van der Waals surface area contributed by atoms with Crippen LogP contribution in [0.25, 0.3) is 12.2 Å². The lowest BCUT2D eigenvalue weighted by Crippen LogP contribution is -2.01. The first kappa shape index (κ1) is 16.0. The molecule has 2 aromatic rings. The third-order valence-electron chi connectivity index (χ3n) is 3.34. The molecule has 4 nitrogen and oxygen atoms in total. The number of carbonyl (C=O) groups excluding carboxylic acids is 1. The molecule has 5 heteroatoms. The maximum atomic E-state index is 11.9. The molecule has 1 aliphatic rings. The molecule has 0 aromatic heterocycles. The van der Waals surface area contributed by atoms with Crippen LogP contribution in [-0.4, -0.2) is 19.0 Å². The summed E-state index contributed by atoms with van der Waals surface area (Å²) in [6.07, 6.45) is 5.13. The number of benzene rings is 2. The van der Waals surface area contributed by atoms with E-state index < -0.39 is 5.97 Å². The predicted molar refractivity (Wildman–Crippen MR) is 95.0 cm³/mol. The molecular weight excluding hydrogens is 326 g/mol. The fourth-order valence-electron chi connectivity index (χ4n) is 2.10. The summed E-state index contributed by atoms with van der Waals surface area (Å²) in [5.41, 5.74) is 2.03. The Morgan fingerprint density at radius 1 is 1.00 bits per heavy atom. The molecule has 0 atom stereocenters.